The first-order valence-electron chi connectivity index (χ1n) is 10.8. The highest BCUT2D eigenvalue weighted by Crippen LogP contribution is 2.29. The van der Waals surface area contributed by atoms with Crippen LogP contribution in [0.5, 0.6) is 0 Å². The molecule has 1 fully saturated rings. The van der Waals surface area contributed by atoms with Gasteiger partial charge in [0.25, 0.3) is 17.6 Å². The number of nitrogens with zero attached hydrogens (tertiary/aromatic N) is 3. The van der Waals surface area contributed by atoms with Gasteiger partial charge in [-0.2, -0.15) is 0 Å². The summed E-state index contributed by atoms with van der Waals surface area (Å²) in [7, 11) is -1.84. The number of benzene rings is 2. The van der Waals surface area contributed by atoms with E-state index in [1.807, 2.05) is 13.0 Å². The van der Waals surface area contributed by atoms with Crippen molar-refractivity contribution in [1.29, 1.82) is 0 Å². The van der Waals surface area contributed by atoms with Crippen molar-refractivity contribution in [2.75, 3.05) is 30.6 Å². The normalized spacial score (nSPS) is 16.5. The van der Waals surface area contributed by atoms with Gasteiger partial charge in [-0.25, -0.2) is 8.42 Å². The maximum atomic E-state index is 13.2. The number of aromatic nitrogens is 1. The van der Waals surface area contributed by atoms with Gasteiger partial charge in [-0.1, -0.05) is 30.3 Å². The molecule has 2 aromatic carbocycles. The number of ketones is 1. The number of aryl methyl sites for hydroxylation is 1. The van der Waals surface area contributed by atoms with E-state index >= 15 is 0 Å². The number of Topliss-reactive ketones (excluding diaryl/α,β-unsaturated/α-hetero) is 1. The highest BCUT2D eigenvalue weighted by molar-refractivity contribution is 7.92. The van der Waals surface area contributed by atoms with Crippen molar-refractivity contribution >= 4 is 44.2 Å². The molecular weight excluding hydrogens is 456 g/mol. The maximum absolute atomic E-state index is 13.2. The minimum absolute atomic E-state index is 0.106. The standard InChI is InChI=1S/C24H26N4O5S/c1-16-14-27(23(30)17-8-5-4-6-9-17)12-13-28(16)24(31)22(29)19-15-26(2)21-18(19)10-7-11-20(21)25-34(3,32)33/h4-11,15-16,25H,12-14H2,1-3H3/t16-/m1/s1. The molecule has 0 bridgehead atoms. The van der Waals surface area contributed by atoms with Crippen LogP contribution in [-0.2, 0) is 21.9 Å². The van der Waals surface area contributed by atoms with Crippen LogP contribution in [0.4, 0.5) is 5.69 Å². The lowest BCUT2D eigenvalue weighted by atomic mass is 10.1. The fraction of sp³-hybridized carbons (Fsp3) is 0.292. The van der Waals surface area contributed by atoms with Gasteiger partial charge in [0.1, 0.15) is 0 Å². The molecule has 0 aliphatic carbocycles. The number of carbonyl (C=O) groups excluding carboxylic acids is 3. The quantitative estimate of drug-likeness (QED) is 0.443. The van der Waals surface area contributed by atoms with Gasteiger partial charge in [0.05, 0.1) is 23.0 Å². The number of hydrogen-bond acceptors (Lipinski definition) is 5. The first-order valence-corrected chi connectivity index (χ1v) is 12.7. The molecule has 0 spiro atoms. The van der Waals surface area contributed by atoms with Crippen LogP contribution in [0.3, 0.4) is 0 Å². The van der Waals surface area contributed by atoms with Crippen molar-refractivity contribution in [3.05, 3.63) is 65.9 Å². The second kappa shape index (κ2) is 8.94. The first kappa shape index (κ1) is 23.5. The largest absolute Gasteiger partial charge is 0.348 e. The second-order valence-corrected chi connectivity index (χ2v) is 10.3. The molecule has 3 aromatic rings. The number of para-hydroxylation sites is 1. The second-order valence-electron chi connectivity index (χ2n) is 8.52. The lowest BCUT2D eigenvalue weighted by Crippen LogP contribution is -2.56. The molecule has 1 N–H and O–H groups in total. The number of hydrogen-bond donors (Lipinski definition) is 1. The summed E-state index contributed by atoms with van der Waals surface area (Å²) >= 11 is 0. The Morgan fingerprint density at radius 1 is 1.00 bits per heavy atom. The van der Waals surface area contributed by atoms with E-state index in [1.54, 1.807) is 59.0 Å². The Kier molecular flexibility index (Phi) is 6.18. The minimum atomic E-state index is -3.53. The minimum Gasteiger partial charge on any atom is -0.348 e. The van der Waals surface area contributed by atoms with Gasteiger partial charge in [0, 0.05) is 49.9 Å². The van der Waals surface area contributed by atoms with Crippen LogP contribution in [0, 0.1) is 0 Å². The van der Waals surface area contributed by atoms with Gasteiger partial charge in [-0.05, 0) is 25.1 Å². The Hall–Kier alpha value is -3.66. The number of carbonyl (C=O) groups is 3. The SMILES string of the molecule is C[C@@H]1CN(C(=O)c2ccccc2)CCN1C(=O)C(=O)c1cn(C)c2c(NS(C)(=O)=O)cccc12. The number of fused-ring (bicyclic) bond motifs is 1. The molecule has 2 amide bonds. The van der Waals surface area contributed by atoms with E-state index < -0.39 is 21.7 Å². The molecule has 1 aromatic heterocycles. The lowest BCUT2D eigenvalue weighted by molar-refractivity contribution is -0.130. The van der Waals surface area contributed by atoms with Crippen LogP contribution in [0.1, 0.15) is 27.6 Å². The molecule has 1 aliphatic heterocycles. The molecular formula is C24H26N4O5S. The molecule has 0 radical (unpaired) electrons. The predicted octanol–water partition coefficient (Wildman–Crippen LogP) is 2.11. The summed E-state index contributed by atoms with van der Waals surface area (Å²) < 4.78 is 27.6. The molecule has 0 unspecified atom stereocenters. The zero-order chi connectivity index (χ0) is 24.6. The average molecular weight is 483 g/mol. The molecule has 9 nitrogen and oxygen atoms in total. The molecule has 34 heavy (non-hydrogen) atoms. The van der Waals surface area contributed by atoms with Crippen molar-refractivity contribution in [2.45, 2.75) is 13.0 Å². The van der Waals surface area contributed by atoms with E-state index in [2.05, 4.69) is 4.72 Å². The van der Waals surface area contributed by atoms with Crippen LogP contribution in [-0.4, -0.2) is 72.3 Å². The fourth-order valence-electron chi connectivity index (χ4n) is 4.38. The van der Waals surface area contributed by atoms with E-state index in [9.17, 15) is 22.8 Å². The third-order valence-corrected chi connectivity index (χ3v) is 6.52. The number of rotatable bonds is 5. The average Bonchev–Trinajstić information content (AvgIpc) is 3.14. The molecule has 10 heteroatoms. The van der Waals surface area contributed by atoms with Crippen LogP contribution in [0.15, 0.2) is 54.7 Å². The number of anilines is 1. The van der Waals surface area contributed by atoms with Gasteiger partial charge in [-0.3, -0.25) is 19.1 Å². The highest BCUT2D eigenvalue weighted by Gasteiger charge is 2.34. The van der Waals surface area contributed by atoms with E-state index in [4.69, 9.17) is 0 Å². The van der Waals surface area contributed by atoms with E-state index in [-0.39, 0.29) is 24.1 Å². The first-order chi connectivity index (χ1) is 16.1. The third kappa shape index (κ3) is 4.54. The monoisotopic (exact) mass is 482 g/mol. The summed E-state index contributed by atoms with van der Waals surface area (Å²) in [6.45, 7) is 2.71. The summed E-state index contributed by atoms with van der Waals surface area (Å²) in [4.78, 5) is 42.3. The van der Waals surface area contributed by atoms with Crippen LogP contribution < -0.4 is 4.72 Å². The number of amides is 2. The fourth-order valence-corrected chi connectivity index (χ4v) is 4.95. The molecule has 2 heterocycles. The van der Waals surface area contributed by atoms with E-state index in [0.29, 0.717) is 35.2 Å². The Bertz CT molecular complexity index is 1380. The van der Waals surface area contributed by atoms with E-state index in [0.717, 1.165) is 6.26 Å². The number of piperazine rings is 1. The van der Waals surface area contributed by atoms with Crippen molar-refractivity contribution in [3.63, 3.8) is 0 Å². The number of sulfonamides is 1. The highest BCUT2D eigenvalue weighted by atomic mass is 32.2. The van der Waals surface area contributed by atoms with E-state index in [1.165, 1.54) is 11.1 Å². The number of nitrogens with one attached hydrogen (secondary N) is 1. The topological polar surface area (TPSA) is 109 Å². The lowest BCUT2D eigenvalue weighted by Gasteiger charge is -2.39. The van der Waals surface area contributed by atoms with Gasteiger partial charge in [0.2, 0.25) is 10.0 Å². The van der Waals surface area contributed by atoms with Crippen LogP contribution in [0.2, 0.25) is 0 Å². The molecule has 4 rings (SSSR count). The van der Waals surface area contributed by atoms with Gasteiger partial charge >= 0.3 is 0 Å². The van der Waals surface area contributed by atoms with Crippen LogP contribution in [0.25, 0.3) is 10.9 Å². The summed E-state index contributed by atoms with van der Waals surface area (Å²) in [5.41, 5.74) is 1.63. The predicted molar refractivity (Wildman–Crippen MR) is 129 cm³/mol. The zero-order valence-corrected chi connectivity index (χ0v) is 20.0. The molecule has 1 aliphatic rings. The summed E-state index contributed by atoms with van der Waals surface area (Å²) in [5, 5.41) is 0.486. The van der Waals surface area contributed by atoms with Gasteiger partial charge < -0.3 is 14.4 Å². The Morgan fingerprint density at radius 3 is 2.35 bits per heavy atom. The molecule has 1 saturated heterocycles. The molecule has 0 saturated carbocycles. The Labute approximate surface area is 198 Å². The Balaban J connectivity index is 1.55. The maximum Gasteiger partial charge on any atom is 0.295 e. The van der Waals surface area contributed by atoms with Crippen molar-refractivity contribution in [2.24, 2.45) is 7.05 Å². The summed E-state index contributed by atoms with van der Waals surface area (Å²) in [6, 6.07) is 13.5. The van der Waals surface area contributed by atoms with Crippen molar-refractivity contribution in [3.8, 4) is 0 Å². The molecule has 1 atom stereocenters. The zero-order valence-electron chi connectivity index (χ0n) is 19.2. The third-order valence-electron chi connectivity index (χ3n) is 5.93. The summed E-state index contributed by atoms with van der Waals surface area (Å²) in [5.74, 6) is -1.42. The molecule has 178 valence electrons. The summed E-state index contributed by atoms with van der Waals surface area (Å²) in [6.07, 6.45) is 2.59. The Morgan fingerprint density at radius 2 is 1.71 bits per heavy atom. The van der Waals surface area contributed by atoms with Gasteiger partial charge in [0.15, 0.2) is 0 Å². The van der Waals surface area contributed by atoms with Gasteiger partial charge in [-0.15, -0.1) is 0 Å². The smallest absolute Gasteiger partial charge is 0.295 e. The van der Waals surface area contributed by atoms with Crippen molar-refractivity contribution in [1.82, 2.24) is 14.4 Å². The van der Waals surface area contributed by atoms with Crippen molar-refractivity contribution < 1.29 is 22.8 Å². The van der Waals surface area contributed by atoms with Crippen LogP contribution >= 0.6 is 0 Å².